The van der Waals surface area contributed by atoms with Crippen LogP contribution < -0.4 is 20.7 Å². The van der Waals surface area contributed by atoms with Crippen LogP contribution in [0.2, 0.25) is 0 Å². The van der Waals surface area contributed by atoms with Crippen molar-refractivity contribution in [3.8, 4) is 5.75 Å². The number of fused-ring (bicyclic) bond motifs is 1. The zero-order valence-corrected chi connectivity index (χ0v) is 20.2. The van der Waals surface area contributed by atoms with Crippen LogP contribution in [0.3, 0.4) is 0 Å². The Hall–Kier alpha value is -3.49. The minimum absolute atomic E-state index is 0.0564. The van der Waals surface area contributed by atoms with Gasteiger partial charge in [-0.2, -0.15) is 0 Å². The van der Waals surface area contributed by atoms with Gasteiger partial charge in [0.15, 0.2) is 0 Å². The number of carbonyl (C=O) groups excluding carboxylic acids is 1. The minimum atomic E-state index is -1.01. The third-order valence-electron chi connectivity index (χ3n) is 6.16. The molecule has 0 fully saturated rings. The van der Waals surface area contributed by atoms with E-state index >= 15 is 0 Å². The highest BCUT2D eigenvalue weighted by Crippen LogP contribution is 2.28. The van der Waals surface area contributed by atoms with Crippen molar-refractivity contribution in [3.05, 3.63) is 94.6 Å². The maximum Gasteiger partial charge on any atom is 0.251 e. The topological polar surface area (TPSA) is 82.6 Å². The number of amides is 1. The van der Waals surface area contributed by atoms with E-state index in [1.807, 2.05) is 12.1 Å². The Morgan fingerprint density at radius 2 is 1.83 bits per heavy atom. The molecule has 3 aromatic carbocycles. The van der Waals surface area contributed by atoms with Gasteiger partial charge in [-0.3, -0.25) is 4.79 Å². The van der Waals surface area contributed by atoms with Crippen molar-refractivity contribution in [2.75, 3.05) is 25.0 Å². The predicted octanol–water partition coefficient (Wildman–Crippen LogP) is 3.82. The number of hydrogen-bond donors (Lipinski definition) is 4. The quantitative estimate of drug-likeness (QED) is 0.344. The van der Waals surface area contributed by atoms with Crippen LogP contribution in [-0.2, 0) is 19.4 Å². The Balaban J connectivity index is 1.46. The fourth-order valence-corrected chi connectivity index (χ4v) is 4.27. The van der Waals surface area contributed by atoms with E-state index in [1.165, 1.54) is 17.7 Å². The Morgan fingerprint density at radius 3 is 2.61 bits per heavy atom. The average molecular weight is 496 g/mol. The van der Waals surface area contributed by atoms with Crippen molar-refractivity contribution >= 4 is 11.6 Å². The van der Waals surface area contributed by atoms with Crippen LogP contribution in [0.4, 0.5) is 14.5 Å². The molecule has 190 valence electrons. The molecule has 0 unspecified atom stereocenters. The second-order valence-electron chi connectivity index (χ2n) is 8.92. The minimum Gasteiger partial charge on any atom is -0.490 e. The number of hydrogen-bond acceptors (Lipinski definition) is 5. The summed E-state index contributed by atoms with van der Waals surface area (Å²) in [6, 6.07) is 15.6. The molecule has 0 radical (unpaired) electrons. The number of nitrogens with one attached hydrogen (secondary N) is 3. The van der Waals surface area contributed by atoms with Crippen molar-refractivity contribution in [2.45, 2.75) is 38.5 Å². The molecule has 4 rings (SSSR count). The Kier molecular flexibility index (Phi) is 8.51. The van der Waals surface area contributed by atoms with E-state index in [1.54, 1.807) is 18.2 Å². The molecule has 1 aliphatic heterocycles. The maximum atomic E-state index is 13.8. The molecule has 0 spiro atoms. The number of benzene rings is 3. The van der Waals surface area contributed by atoms with Gasteiger partial charge in [-0.05, 0) is 59.9 Å². The van der Waals surface area contributed by atoms with Crippen LogP contribution in [-0.4, -0.2) is 42.9 Å². The molecule has 2 atom stereocenters. The van der Waals surface area contributed by atoms with Gasteiger partial charge in [0.2, 0.25) is 0 Å². The summed E-state index contributed by atoms with van der Waals surface area (Å²) in [5.41, 5.74) is 3.75. The summed E-state index contributed by atoms with van der Waals surface area (Å²) < 4.78 is 33.2. The standard InChI is InChI=1S/C28H31F2N3O3/c1-2-18-4-3-5-19(10-18)16-31-17-26(34)24(13-20-11-22(29)15-23(30)12-20)33-28(35)21-6-7-27-25(14-21)32-8-9-36-27/h3-7,10-12,14-15,24,26,31-32,34H,2,8-9,13,16-17H2,1H3,(H,33,35)/t24-,26+/m0/s1. The summed E-state index contributed by atoms with van der Waals surface area (Å²) in [5.74, 6) is -1.15. The molecule has 4 N–H and O–H groups in total. The molecule has 36 heavy (non-hydrogen) atoms. The first-order valence-corrected chi connectivity index (χ1v) is 12.1. The number of aliphatic hydroxyl groups is 1. The summed E-state index contributed by atoms with van der Waals surface area (Å²) in [6.45, 7) is 3.99. The SMILES string of the molecule is CCc1cccc(CNC[C@@H](O)[C@H](Cc2cc(F)cc(F)c2)NC(=O)c2ccc3c(c2)NCCO3)c1. The lowest BCUT2D eigenvalue weighted by Crippen LogP contribution is -2.48. The summed E-state index contributed by atoms with van der Waals surface area (Å²) in [6.07, 6.45) is -0.0197. The lowest BCUT2D eigenvalue weighted by Gasteiger charge is -2.25. The van der Waals surface area contributed by atoms with Gasteiger partial charge in [0.1, 0.15) is 24.0 Å². The monoisotopic (exact) mass is 495 g/mol. The van der Waals surface area contributed by atoms with Crippen LogP contribution >= 0.6 is 0 Å². The van der Waals surface area contributed by atoms with Gasteiger partial charge in [-0.25, -0.2) is 8.78 Å². The third kappa shape index (κ3) is 6.80. The molecule has 0 bridgehead atoms. The fourth-order valence-electron chi connectivity index (χ4n) is 4.27. The van der Waals surface area contributed by atoms with Gasteiger partial charge in [-0.15, -0.1) is 0 Å². The fraction of sp³-hybridized carbons (Fsp3) is 0.321. The molecule has 3 aromatic rings. The second kappa shape index (κ2) is 12.0. The van der Waals surface area contributed by atoms with Crippen molar-refractivity contribution in [1.29, 1.82) is 0 Å². The van der Waals surface area contributed by atoms with Crippen LogP contribution in [0.5, 0.6) is 5.75 Å². The molecule has 0 saturated heterocycles. The zero-order chi connectivity index (χ0) is 25.5. The van der Waals surface area contributed by atoms with Crippen LogP contribution in [0, 0.1) is 11.6 Å². The van der Waals surface area contributed by atoms with E-state index in [2.05, 4.69) is 35.0 Å². The largest absolute Gasteiger partial charge is 0.490 e. The first kappa shape index (κ1) is 25.6. The summed E-state index contributed by atoms with van der Waals surface area (Å²) in [7, 11) is 0. The van der Waals surface area contributed by atoms with Crippen molar-refractivity contribution < 1.29 is 23.4 Å². The zero-order valence-electron chi connectivity index (χ0n) is 20.2. The summed E-state index contributed by atoms with van der Waals surface area (Å²) >= 11 is 0. The van der Waals surface area contributed by atoms with E-state index in [-0.39, 0.29) is 13.0 Å². The first-order valence-electron chi connectivity index (χ1n) is 12.1. The second-order valence-corrected chi connectivity index (χ2v) is 8.92. The van der Waals surface area contributed by atoms with E-state index in [0.29, 0.717) is 42.3 Å². The Labute approximate surface area is 209 Å². The van der Waals surface area contributed by atoms with E-state index in [4.69, 9.17) is 4.74 Å². The summed E-state index contributed by atoms with van der Waals surface area (Å²) in [4.78, 5) is 13.1. The lowest BCUT2D eigenvalue weighted by atomic mass is 9.99. The van der Waals surface area contributed by atoms with E-state index < -0.39 is 29.7 Å². The molecule has 8 heteroatoms. The van der Waals surface area contributed by atoms with Gasteiger partial charge >= 0.3 is 0 Å². The van der Waals surface area contributed by atoms with Gasteiger partial charge < -0.3 is 25.8 Å². The van der Waals surface area contributed by atoms with Crippen LogP contribution in [0.1, 0.15) is 34.0 Å². The molecule has 0 aromatic heterocycles. The number of ether oxygens (including phenoxy) is 1. The molecular weight excluding hydrogens is 464 g/mol. The van der Waals surface area contributed by atoms with Gasteiger partial charge in [0.05, 0.1) is 17.8 Å². The molecule has 1 aliphatic rings. The number of halogens is 2. The highest BCUT2D eigenvalue weighted by Gasteiger charge is 2.24. The van der Waals surface area contributed by atoms with Gasteiger partial charge in [-0.1, -0.05) is 31.2 Å². The number of anilines is 1. The maximum absolute atomic E-state index is 13.8. The highest BCUT2D eigenvalue weighted by molar-refractivity contribution is 5.96. The Morgan fingerprint density at radius 1 is 1.06 bits per heavy atom. The van der Waals surface area contributed by atoms with Crippen LogP contribution in [0.15, 0.2) is 60.7 Å². The summed E-state index contributed by atoms with van der Waals surface area (Å²) in [5, 5.41) is 20.2. The molecule has 1 heterocycles. The molecule has 6 nitrogen and oxygen atoms in total. The predicted molar refractivity (Wildman–Crippen MR) is 135 cm³/mol. The molecule has 0 aliphatic carbocycles. The number of rotatable bonds is 10. The highest BCUT2D eigenvalue weighted by atomic mass is 19.1. The van der Waals surface area contributed by atoms with Gasteiger partial charge in [0.25, 0.3) is 5.91 Å². The van der Waals surface area contributed by atoms with Crippen molar-refractivity contribution in [2.24, 2.45) is 0 Å². The van der Waals surface area contributed by atoms with Crippen molar-refractivity contribution in [1.82, 2.24) is 10.6 Å². The Bertz CT molecular complexity index is 1180. The third-order valence-corrected chi connectivity index (χ3v) is 6.16. The molecule has 0 saturated carbocycles. The number of aryl methyl sites for hydroxylation is 1. The van der Waals surface area contributed by atoms with E-state index in [9.17, 15) is 18.7 Å². The number of carbonyl (C=O) groups is 1. The normalized spacial score (nSPS) is 14.2. The lowest BCUT2D eigenvalue weighted by molar-refractivity contribution is 0.0830. The smallest absolute Gasteiger partial charge is 0.251 e. The van der Waals surface area contributed by atoms with Gasteiger partial charge in [0, 0.05) is 31.3 Å². The first-order chi connectivity index (χ1) is 17.4. The van der Waals surface area contributed by atoms with Crippen molar-refractivity contribution in [3.63, 3.8) is 0 Å². The van der Waals surface area contributed by atoms with E-state index in [0.717, 1.165) is 18.1 Å². The average Bonchev–Trinajstić information content (AvgIpc) is 2.87. The molecule has 1 amide bonds. The number of aliphatic hydroxyl groups excluding tert-OH is 1. The van der Waals surface area contributed by atoms with Crippen LogP contribution in [0.25, 0.3) is 0 Å². The molecular formula is C28H31F2N3O3.